The van der Waals surface area contributed by atoms with E-state index in [1.165, 1.54) is 37.7 Å². The standard InChI is InChI=1S/C28H38N8OS/c1-2-27(37)31-20-7-9-22(10-8-20)38-28-33-25(32-24(30)17-23(29)19-5-6-19)18-26(34-28)36-15-11-21(12-16-36)35-13-3-4-14-35/h7-10,17-19,21H,2-6,11-16,29H2,1H3,(H,31,37)(H2,30,32,33,34)/b23-17-. The zero-order chi connectivity index (χ0) is 26.5. The van der Waals surface area contributed by atoms with Crippen LogP contribution in [0.25, 0.3) is 0 Å². The molecule has 0 radical (unpaired) electrons. The third-order valence-electron chi connectivity index (χ3n) is 7.40. The molecule has 202 valence electrons. The minimum Gasteiger partial charge on any atom is -0.402 e. The number of likely N-dealkylation sites (tertiary alicyclic amines) is 1. The van der Waals surface area contributed by atoms with E-state index in [1.807, 2.05) is 37.3 Å². The number of piperidine rings is 1. The summed E-state index contributed by atoms with van der Waals surface area (Å²) in [6, 6.07) is 10.3. The molecular weight excluding hydrogens is 496 g/mol. The minimum absolute atomic E-state index is 0.00796. The highest BCUT2D eigenvalue weighted by Crippen LogP contribution is 2.34. The first kappa shape index (κ1) is 26.5. The van der Waals surface area contributed by atoms with Crippen molar-refractivity contribution >= 4 is 40.8 Å². The monoisotopic (exact) mass is 534 g/mol. The Kier molecular flexibility index (Phi) is 8.48. The molecule has 2 aliphatic heterocycles. The zero-order valence-electron chi connectivity index (χ0n) is 22.1. The van der Waals surface area contributed by atoms with Crippen LogP contribution in [-0.4, -0.2) is 58.8 Å². The maximum Gasteiger partial charge on any atom is 0.224 e. The van der Waals surface area contributed by atoms with Crippen LogP contribution in [0.5, 0.6) is 0 Å². The second-order valence-electron chi connectivity index (χ2n) is 10.3. The Balaban J connectivity index is 1.35. The zero-order valence-corrected chi connectivity index (χ0v) is 22.9. The Labute approximate surface area is 229 Å². The molecule has 0 spiro atoms. The van der Waals surface area contributed by atoms with Gasteiger partial charge in [0.05, 0.1) is 0 Å². The first-order valence-electron chi connectivity index (χ1n) is 13.7. The van der Waals surface area contributed by atoms with E-state index in [-0.39, 0.29) is 5.91 Å². The number of carbonyl (C=O) groups is 1. The van der Waals surface area contributed by atoms with Gasteiger partial charge < -0.3 is 26.6 Å². The molecule has 3 heterocycles. The van der Waals surface area contributed by atoms with Crippen molar-refractivity contribution in [1.82, 2.24) is 14.9 Å². The summed E-state index contributed by atoms with van der Waals surface area (Å²) >= 11 is 1.47. The van der Waals surface area contributed by atoms with Crippen LogP contribution in [0.4, 0.5) is 17.3 Å². The summed E-state index contributed by atoms with van der Waals surface area (Å²) < 4.78 is 0. The van der Waals surface area contributed by atoms with Gasteiger partial charge >= 0.3 is 0 Å². The van der Waals surface area contributed by atoms with Gasteiger partial charge in [-0.25, -0.2) is 15.0 Å². The summed E-state index contributed by atoms with van der Waals surface area (Å²) in [5.74, 6) is 2.19. The number of anilines is 2. The van der Waals surface area contributed by atoms with E-state index in [1.54, 1.807) is 6.08 Å². The molecular formula is C28H38N8OS. The largest absolute Gasteiger partial charge is 0.402 e. The van der Waals surface area contributed by atoms with Gasteiger partial charge in [-0.05, 0) is 99.6 Å². The lowest BCUT2D eigenvalue weighted by Crippen LogP contribution is -2.44. The van der Waals surface area contributed by atoms with E-state index in [0.29, 0.717) is 35.2 Å². The van der Waals surface area contributed by atoms with Crippen molar-refractivity contribution in [2.75, 3.05) is 36.4 Å². The number of allylic oxidation sites excluding steroid dienone is 1. The van der Waals surface area contributed by atoms with Crippen molar-refractivity contribution in [3.63, 3.8) is 0 Å². The van der Waals surface area contributed by atoms with Crippen LogP contribution in [0.1, 0.15) is 51.9 Å². The highest BCUT2D eigenvalue weighted by Gasteiger charge is 2.27. The molecule has 1 aliphatic carbocycles. The van der Waals surface area contributed by atoms with Gasteiger partial charge in [0.15, 0.2) is 11.0 Å². The fourth-order valence-electron chi connectivity index (χ4n) is 5.06. The van der Waals surface area contributed by atoms with Crippen LogP contribution >= 0.6 is 11.8 Å². The van der Waals surface area contributed by atoms with Crippen LogP contribution in [0.3, 0.4) is 0 Å². The number of nitrogens with zero attached hydrogens (tertiary/aromatic N) is 5. The Bertz CT molecular complexity index is 1180. The predicted molar refractivity (Wildman–Crippen MR) is 154 cm³/mol. The van der Waals surface area contributed by atoms with Gasteiger partial charge in [0.25, 0.3) is 0 Å². The van der Waals surface area contributed by atoms with Crippen molar-refractivity contribution in [3.05, 3.63) is 42.1 Å². The summed E-state index contributed by atoms with van der Waals surface area (Å²) in [6.45, 7) is 6.22. The van der Waals surface area contributed by atoms with E-state index in [4.69, 9.17) is 21.4 Å². The van der Waals surface area contributed by atoms with E-state index in [0.717, 1.165) is 60.9 Å². The molecule has 5 N–H and O–H groups in total. The van der Waals surface area contributed by atoms with Gasteiger partial charge in [0, 0.05) is 47.9 Å². The molecule has 1 aromatic carbocycles. The number of benzene rings is 1. The average Bonchev–Trinajstić information content (AvgIpc) is 3.64. The molecule has 0 bridgehead atoms. The Morgan fingerprint density at radius 3 is 2.45 bits per heavy atom. The summed E-state index contributed by atoms with van der Waals surface area (Å²) in [5, 5.41) is 3.49. The number of amides is 1. The maximum absolute atomic E-state index is 11.7. The fourth-order valence-corrected chi connectivity index (χ4v) is 5.83. The third kappa shape index (κ3) is 7.05. The van der Waals surface area contributed by atoms with Crippen LogP contribution in [0.15, 0.2) is 57.1 Å². The summed E-state index contributed by atoms with van der Waals surface area (Å²) in [4.78, 5) is 31.9. The van der Waals surface area contributed by atoms with Crippen molar-refractivity contribution in [3.8, 4) is 0 Å². The lowest BCUT2D eigenvalue weighted by Gasteiger charge is -2.37. The molecule has 9 nitrogen and oxygen atoms in total. The first-order valence-corrected chi connectivity index (χ1v) is 14.6. The van der Waals surface area contributed by atoms with Crippen molar-refractivity contribution in [1.29, 1.82) is 0 Å². The Morgan fingerprint density at radius 2 is 1.79 bits per heavy atom. The number of carbonyl (C=O) groups excluding carboxylic acids is 1. The number of hydrogen-bond donors (Lipinski definition) is 3. The summed E-state index contributed by atoms with van der Waals surface area (Å²) in [5.41, 5.74) is 13.9. The average molecular weight is 535 g/mol. The molecule has 1 saturated carbocycles. The Hall–Kier alpha value is -3.11. The van der Waals surface area contributed by atoms with E-state index in [2.05, 4.69) is 20.1 Å². The second-order valence-corrected chi connectivity index (χ2v) is 11.4. The number of hydrogen-bond acceptors (Lipinski definition) is 8. The first-order chi connectivity index (χ1) is 18.5. The van der Waals surface area contributed by atoms with Crippen molar-refractivity contribution in [2.24, 2.45) is 22.4 Å². The third-order valence-corrected chi connectivity index (χ3v) is 8.27. The van der Waals surface area contributed by atoms with E-state index in [9.17, 15) is 4.79 Å². The summed E-state index contributed by atoms with van der Waals surface area (Å²) in [7, 11) is 0. The van der Waals surface area contributed by atoms with E-state index < -0.39 is 0 Å². The second kappa shape index (κ2) is 12.2. The number of rotatable bonds is 9. The molecule has 1 aromatic heterocycles. The van der Waals surface area contributed by atoms with Gasteiger partial charge in [-0.2, -0.15) is 0 Å². The molecule has 3 aliphatic rings. The van der Waals surface area contributed by atoms with Gasteiger partial charge in [0.2, 0.25) is 5.91 Å². The fraction of sp³-hybridized carbons (Fsp3) is 0.500. The number of nitrogens with two attached hydrogens (primary N) is 2. The molecule has 5 rings (SSSR count). The number of nitrogens with one attached hydrogen (secondary N) is 1. The van der Waals surface area contributed by atoms with Crippen LogP contribution in [0, 0.1) is 5.92 Å². The predicted octanol–water partition coefficient (Wildman–Crippen LogP) is 4.28. The van der Waals surface area contributed by atoms with Gasteiger partial charge in [-0.15, -0.1) is 0 Å². The number of amidine groups is 1. The lowest BCUT2D eigenvalue weighted by molar-refractivity contribution is -0.115. The normalized spacial score (nSPS) is 19.7. The number of aromatic nitrogens is 2. The van der Waals surface area contributed by atoms with Crippen molar-refractivity contribution < 1.29 is 4.79 Å². The molecule has 2 aromatic rings. The molecule has 2 saturated heterocycles. The van der Waals surface area contributed by atoms with Gasteiger partial charge in [-0.1, -0.05) is 6.92 Å². The smallest absolute Gasteiger partial charge is 0.224 e. The van der Waals surface area contributed by atoms with E-state index >= 15 is 0 Å². The summed E-state index contributed by atoms with van der Waals surface area (Å²) in [6.07, 6.45) is 9.35. The molecule has 0 unspecified atom stereocenters. The molecule has 38 heavy (non-hydrogen) atoms. The molecule has 3 fully saturated rings. The lowest BCUT2D eigenvalue weighted by atomic mass is 10.0. The molecule has 10 heteroatoms. The Morgan fingerprint density at radius 1 is 1.08 bits per heavy atom. The quantitative estimate of drug-likeness (QED) is 0.247. The molecule has 1 amide bonds. The van der Waals surface area contributed by atoms with Crippen LogP contribution in [-0.2, 0) is 4.79 Å². The van der Waals surface area contributed by atoms with Gasteiger partial charge in [0.1, 0.15) is 11.7 Å². The number of aliphatic imine (C=N–C) groups is 1. The molecule has 0 atom stereocenters. The van der Waals surface area contributed by atoms with Crippen LogP contribution in [0.2, 0.25) is 0 Å². The SMILES string of the molecule is CCC(=O)Nc1ccc(Sc2nc(/N=C(N)/C=C(\N)C3CC3)cc(N3CCC(N4CCCC4)CC3)n2)cc1. The highest BCUT2D eigenvalue weighted by atomic mass is 32.2. The topological polar surface area (TPSA) is 126 Å². The van der Waals surface area contributed by atoms with Gasteiger partial charge in [-0.3, -0.25) is 4.79 Å². The van der Waals surface area contributed by atoms with Crippen molar-refractivity contribution in [2.45, 2.75) is 68.0 Å². The minimum atomic E-state index is -0.00796. The van der Waals surface area contributed by atoms with Crippen LogP contribution < -0.4 is 21.7 Å². The maximum atomic E-state index is 11.7. The highest BCUT2D eigenvalue weighted by molar-refractivity contribution is 7.99.